The van der Waals surface area contributed by atoms with Crippen molar-refractivity contribution in [3.05, 3.63) is 0 Å². The zero-order valence-corrected chi connectivity index (χ0v) is 13.7. The second-order valence-corrected chi connectivity index (χ2v) is 8.45. The van der Waals surface area contributed by atoms with Crippen molar-refractivity contribution in [2.75, 3.05) is 6.54 Å². The van der Waals surface area contributed by atoms with Crippen LogP contribution in [0.25, 0.3) is 0 Å². The van der Waals surface area contributed by atoms with E-state index >= 15 is 0 Å². The molecule has 0 aromatic carbocycles. The normalized spacial score (nSPS) is 51.0. The van der Waals surface area contributed by atoms with Crippen LogP contribution in [0.1, 0.15) is 58.8 Å². The van der Waals surface area contributed by atoms with E-state index in [0.29, 0.717) is 23.5 Å². The van der Waals surface area contributed by atoms with E-state index in [0.717, 1.165) is 51.5 Å². The molecule has 3 aliphatic carbocycles. The van der Waals surface area contributed by atoms with Crippen molar-refractivity contribution < 1.29 is 14.3 Å². The summed E-state index contributed by atoms with van der Waals surface area (Å²) in [6.07, 6.45) is 6.90. The summed E-state index contributed by atoms with van der Waals surface area (Å²) in [7, 11) is 0. The third kappa shape index (κ3) is 1.82. The predicted octanol–water partition coefficient (Wildman–Crippen LogP) is 3.30. The van der Waals surface area contributed by atoms with Gasteiger partial charge in [0, 0.05) is 23.8 Å². The number of Topliss-reactive ketones (excluding diaryl/α,β-unsaturated/α-hetero) is 1. The van der Waals surface area contributed by atoms with Crippen LogP contribution in [0.15, 0.2) is 0 Å². The molecule has 0 aromatic rings. The number of hydrogen-bond donors (Lipinski definition) is 1. The monoisotopic (exact) mass is 305 g/mol. The first kappa shape index (κ1) is 14.5. The summed E-state index contributed by atoms with van der Waals surface area (Å²) in [5.74, 6) is 2.30. The Kier molecular flexibility index (Phi) is 3.11. The molecule has 122 valence electrons. The molecular formula is C18H27NO3. The molecule has 4 rings (SSSR count). The number of amides is 1. The Labute approximate surface area is 132 Å². The number of alkyl carbamates (subject to hydrolysis) is 1. The molecule has 22 heavy (non-hydrogen) atoms. The number of rotatable bonds is 0. The highest BCUT2D eigenvalue weighted by atomic mass is 16.6. The maximum absolute atomic E-state index is 12.4. The highest BCUT2D eigenvalue weighted by Crippen LogP contribution is 2.62. The van der Waals surface area contributed by atoms with Crippen molar-refractivity contribution in [3.8, 4) is 0 Å². The first-order valence-electron chi connectivity index (χ1n) is 8.93. The molecule has 0 aromatic heterocycles. The topological polar surface area (TPSA) is 55.4 Å². The van der Waals surface area contributed by atoms with Gasteiger partial charge in [-0.25, -0.2) is 4.79 Å². The number of carbonyl (C=O) groups excluding carboxylic acids is 2. The summed E-state index contributed by atoms with van der Waals surface area (Å²) < 4.78 is 5.71. The maximum Gasteiger partial charge on any atom is 0.407 e. The molecule has 0 radical (unpaired) electrons. The van der Waals surface area contributed by atoms with Crippen molar-refractivity contribution in [2.24, 2.45) is 28.6 Å². The fraction of sp³-hybridized carbons (Fsp3) is 0.889. The zero-order valence-electron chi connectivity index (χ0n) is 13.7. The lowest BCUT2D eigenvalue weighted by molar-refractivity contribution is -0.141. The van der Waals surface area contributed by atoms with Crippen LogP contribution in [-0.4, -0.2) is 24.5 Å². The number of ether oxygens (including phenoxy) is 1. The van der Waals surface area contributed by atoms with E-state index in [4.69, 9.17) is 4.74 Å². The molecule has 4 aliphatic rings. The maximum atomic E-state index is 12.4. The Balaban J connectivity index is 1.66. The van der Waals surface area contributed by atoms with Gasteiger partial charge in [-0.05, 0) is 56.3 Å². The van der Waals surface area contributed by atoms with Gasteiger partial charge in [0.2, 0.25) is 0 Å². The first-order chi connectivity index (χ1) is 10.4. The molecule has 4 nitrogen and oxygen atoms in total. The Hall–Kier alpha value is -1.06. The van der Waals surface area contributed by atoms with Crippen LogP contribution < -0.4 is 5.32 Å². The van der Waals surface area contributed by atoms with Crippen molar-refractivity contribution in [2.45, 2.75) is 64.9 Å². The molecule has 0 bridgehead atoms. The van der Waals surface area contributed by atoms with Crippen LogP contribution in [-0.2, 0) is 9.53 Å². The summed E-state index contributed by atoms with van der Waals surface area (Å²) in [4.78, 5) is 24.1. The highest BCUT2D eigenvalue weighted by molar-refractivity contribution is 5.87. The number of carbonyl (C=O) groups is 2. The van der Waals surface area contributed by atoms with Gasteiger partial charge in [0.25, 0.3) is 0 Å². The molecule has 4 fully saturated rings. The third-order valence-electron chi connectivity index (χ3n) is 7.67. The Morgan fingerprint density at radius 3 is 2.68 bits per heavy atom. The molecule has 1 N–H and O–H groups in total. The number of hydrogen-bond acceptors (Lipinski definition) is 3. The van der Waals surface area contributed by atoms with Gasteiger partial charge in [0.05, 0.1) is 0 Å². The molecule has 2 unspecified atom stereocenters. The summed E-state index contributed by atoms with van der Waals surface area (Å²) in [6, 6.07) is 0. The van der Waals surface area contributed by atoms with Gasteiger partial charge >= 0.3 is 6.09 Å². The van der Waals surface area contributed by atoms with Gasteiger partial charge in [0.15, 0.2) is 0 Å². The average molecular weight is 305 g/mol. The number of fused-ring (bicyclic) bond motifs is 5. The van der Waals surface area contributed by atoms with Gasteiger partial charge in [-0.3, -0.25) is 4.79 Å². The number of ketones is 1. The molecule has 1 aliphatic heterocycles. The largest absolute Gasteiger partial charge is 0.446 e. The van der Waals surface area contributed by atoms with E-state index in [1.54, 1.807) is 0 Å². The molecule has 1 amide bonds. The van der Waals surface area contributed by atoms with E-state index in [9.17, 15) is 9.59 Å². The first-order valence-corrected chi connectivity index (χ1v) is 8.93. The molecule has 1 saturated heterocycles. The van der Waals surface area contributed by atoms with Crippen molar-refractivity contribution >= 4 is 11.9 Å². The van der Waals surface area contributed by atoms with Gasteiger partial charge in [-0.15, -0.1) is 0 Å². The summed E-state index contributed by atoms with van der Waals surface area (Å²) in [5.41, 5.74) is 0.0130. The highest BCUT2D eigenvalue weighted by Gasteiger charge is 2.60. The fourth-order valence-electron chi connectivity index (χ4n) is 6.34. The summed E-state index contributed by atoms with van der Waals surface area (Å²) >= 11 is 0. The van der Waals surface area contributed by atoms with Gasteiger partial charge in [-0.2, -0.15) is 0 Å². The summed E-state index contributed by atoms with van der Waals surface area (Å²) in [6.45, 7) is 5.26. The van der Waals surface area contributed by atoms with Crippen LogP contribution in [0.2, 0.25) is 0 Å². The van der Waals surface area contributed by atoms with E-state index in [1.165, 1.54) is 0 Å². The van der Waals surface area contributed by atoms with Crippen LogP contribution in [0, 0.1) is 28.6 Å². The minimum absolute atomic E-state index is 0.0534. The Morgan fingerprint density at radius 1 is 1.05 bits per heavy atom. The van der Waals surface area contributed by atoms with Crippen LogP contribution in [0.4, 0.5) is 4.79 Å². The smallest absolute Gasteiger partial charge is 0.407 e. The van der Waals surface area contributed by atoms with E-state index in [-0.39, 0.29) is 23.0 Å². The van der Waals surface area contributed by atoms with Crippen molar-refractivity contribution in [1.82, 2.24) is 5.32 Å². The lowest BCUT2D eigenvalue weighted by Crippen LogP contribution is -2.54. The minimum atomic E-state index is -0.246. The third-order valence-corrected chi connectivity index (χ3v) is 7.67. The molecule has 3 saturated carbocycles. The molecule has 0 spiro atoms. The van der Waals surface area contributed by atoms with Gasteiger partial charge in [-0.1, -0.05) is 13.8 Å². The second-order valence-electron chi connectivity index (χ2n) is 8.45. The Morgan fingerprint density at radius 2 is 1.86 bits per heavy atom. The molecule has 6 atom stereocenters. The van der Waals surface area contributed by atoms with Gasteiger partial charge < -0.3 is 10.1 Å². The van der Waals surface area contributed by atoms with E-state index < -0.39 is 0 Å². The molecule has 4 heteroatoms. The minimum Gasteiger partial charge on any atom is -0.446 e. The molecule has 1 heterocycles. The lowest BCUT2D eigenvalue weighted by Gasteiger charge is -2.56. The van der Waals surface area contributed by atoms with E-state index in [1.807, 2.05) is 0 Å². The van der Waals surface area contributed by atoms with Gasteiger partial charge in [0.1, 0.15) is 11.9 Å². The van der Waals surface area contributed by atoms with Crippen LogP contribution >= 0.6 is 0 Å². The number of nitrogens with one attached hydrogen (secondary N) is 1. The fourth-order valence-corrected chi connectivity index (χ4v) is 6.34. The van der Waals surface area contributed by atoms with Crippen LogP contribution in [0.3, 0.4) is 0 Å². The lowest BCUT2D eigenvalue weighted by atomic mass is 9.49. The zero-order chi connectivity index (χ0) is 15.5. The quantitative estimate of drug-likeness (QED) is 0.747. The second kappa shape index (κ2) is 4.72. The summed E-state index contributed by atoms with van der Waals surface area (Å²) in [5, 5.41) is 2.87. The predicted molar refractivity (Wildman–Crippen MR) is 82.3 cm³/mol. The van der Waals surface area contributed by atoms with Crippen molar-refractivity contribution in [1.29, 1.82) is 0 Å². The average Bonchev–Trinajstić information content (AvgIpc) is 2.68. The van der Waals surface area contributed by atoms with Crippen LogP contribution in [0.5, 0.6) is 0 Å². The van der Waals surface area contributed by atoms with E-state index in [2.05, 4.69) is 19.2 Å². The standard InChI is InChI=1S/C18H27NO3/c1-17-8-7-13-11(12(17)4-5-14(17)20)3-6-15-18(13,2)9-10-19-16(21)22-15/h11-13,15H,3-10H2,1-2H3,(H,19,21)/t11-,12-,13?,15?,17-,18+/m0/s1. The van der Waals surface area contributed by atoms with Crippen molar-refractivity contribution in [3.63, 3.8) is 0 Å². The SMILES string of the molecule is C[C@]12CCNC(=O)OC1CC[C@@H]1C2CC[C@]2(C)C(=O)CC[C@@H]12. The Bertz CT molecular complexity index is 518. The molecular weight excluding hydrogens is 278 g/mol.